The van der Waals surface area contributed by atoms with Crippen molar-refractivity contribution in [2.24, 2.45) is 5.73 Å². The Labute approximate surface area is 388 Å². The smallest absolute Gasteiger partial charge is 0.457 e. The van der Waals surface area contributed by atoms with E-state index in [0.29, 0.717) is 13.0 Å². The highest BCUT2D eigenvalue weighted by Gasteiger charge is 2.25. The van der Waals surface area contributed by atoms with E-state index in [0.717, 1.165) is 51.4 Å². The summed E-state index contributed by atoms with van der Waals surface area (Å²) in [5.74, 6) is -0.410. The van der Waals surface area contributed by atoms with Crippen LogP contribution in [-0.4, -0.2) is 49.9 Å². The van der Waals surface area contributed by atoms with E-state index in [4.69, 9.17) is 24.3 Å². The van der Waals surface area contributed by atoms with Crippen molar-refractivity contribution in [1.82, 2.24) is 0 Å². The van der Waals surface area contributed by atoms with Crippen LogP contribution in [0.15, 0.2) is 72.9 Å². The molecular weight excluding hydrogens is 806 g/mol. The Hall–Kier alpha value is -2.06. The van der Waals surface area contributed by atoms with E-state index < -0.39 is 19.9 Å². The zero-order valence-electron chi connectivity index (χ0n) is 40.8. The number of unbranched alkanes of at least 4 members (excludes halogenated alkanes) is 24. The zero-order chi connectivity index (χ0) is 45.8. The third-order valence-corrected chi connectivity index (χ3v) is 11.9. The second kappa shape index (κ2) is 50.9. The van der Waals surface area contributed by atoms with Crippen molar-refractivity contribution in [3.8, 4) is 0 Å². The van der Waals surface area contributed by atoms with Gasteiger partial charge in [-0.1, -0.05) is 241 Å². The first kappa shape index (κ1) is 60.9. The Morgan fingerprint density at radius 1 is 0.492 bits per heavy atom. The van der Waals surface area contributed by atoms with Crippen molar-refractivity contribution in [3.63, 3.8) is 0 Å². The van der Waals surface area contributed by atoms with E-state index in [1.807, 2.05) is 12.2 Å². The number of nitrogens with two attached hydrogens (primary N) is 1. The van der Waals surface area contributed by atoms with E-state index in [-0.39, 0.29) is 32.8 Å². The van der Waals surface area contributed by atoms with Crippen molar-refractivity contribution in [2.75, 3.05) is 33.0 Å². The minimum absolute atomic E-state index is 0.0853. The summed E-state index contributed by atoms with van der Waals surface area (Å²) >= 11 is 0. The molecule has 0 aliphatic rings. The first-order valence-electron chi connectivity index (χ1n) is 25.9. The predicted molar refractivity (Wildman–Crippen MR) is 270 cm³/mol. The number of hydrogen-bond acceptors (Lipinski definition) is 7. The molecule has 0 amide bonds. The number of ether oxygens (including phenoxy) is 2. The number of carbonyl (C=O) groups is 1. The summed E-state index contributed by atoms with van der Waals surface area (Å²) < 4.78 is 33.5. The number of phosphoric acid groups is 1. The normalized spacial score (nSPS) is 13.9. The molecule has 0 heterocycles. The van der Waals surface area contributed by atoms with Crippen LogP contribution >= 0.6 is 7.82 Å². The molecule has 0 aromatic rings. The van der Waals surface area contributed by atoms with E-state index >= 15 is 0 Å². The lowest BCUT2D eigenvalue weighted by molar-refractivity contribution is -0.154. The maximum atomic E-state index is 12.6. The molecule has 0 aromatic heterocycles. The summed E-state index contributed by atoms with van der Waals surface area (Å²) in [5, 5.41) is 0. The second-order valence-corrected chi connectivity index (χ2v) is 18.5. The van der Waals surface area contributed by atoms with Gasteiger partial charge in [0.25, 0.3) is 0 Å². The van der Waals surface area contributed by atoms with Gasteiger partial charge in [0, 0.05) is 19.6 Å². The largest absolute Gasteiger partial charge is 0.472 e. The Bertz CT molecular complexity index is 1200. The number of hydrogen-bond donors (Lipinski definition) is 2. The summed E-state index contributed by atoms with van der Waals surface area (Å²) in [6, 6.07) is 0. The fraction of sp³-hybridized carbons (Fsp3) is 0.759. The molecule has 0 aliphatic heterocycles. The van der Waals surface area contributed by atoms with Gasteiger partial charge in [-0.2, -0.15) is 0 Å². The number of phosphoric ester groups is 1. The van der Waals surface area contributed by atoms with Gasteiger partial charge in [-0.15, -0.1) is 0 Å². The standard InChI is InChI=1S/C54H98NO7P/c1-3-5-7-9-11-13-15-17-19-21-23-24-25-26-27-28-30-32-34-36-38-40-42-44-46-49-59-51-53(52-61-63(57,58)60-50-48-55)62-54(56)47-45-43-41-39-37-35-33-31-29-22-20-18-16-14-12-10-8-6-4-2/h6,8,12,14,18,20,29,31,35,37,41,43,53H,3-5,7,9-11,13,15-17,19,21-28,30,32-34,36,38-40,42,44-52,55H2,1-2H3,(H,57,58)/b8-6-,14-12-,20-18-,31-29-,37-35-,43-41-. The molecule has 8 nitrogen and oxygen atoms in total. The van der Waals surface area contributed by atoms with Crippen molar-refractivity contribution in [2.45, 2.75) is 232 Å². The quantitative estimate of drug-likeness (QED) is 0.0268. The van der Waals surface area contributed by atoms with Gasteiger partial charge in [0.15, 0.2) is 0 Å². The van der Waals surface area contributed by atoms with Gasteiger partial charge in [0.05, 0.1) is 19.8 Å². The monoisotopic (exact) mass is 904 g/mol. The summed E-state index contributed by atoms with van der Waals surface area (Å²) in [4.78, 5) is 22.5. The van der Waals surface area contributed by atoms with Gasteiger partial charge in [-0.3, -0.25) is 13.8 Å². The summed E-state index contributed by atoms with van der Waals surface area (Å²) in [6.07, 6.45) is 65.4. The van der Waals surface area contributed by atoms with Crippen LogP contribution in [0, 0.1) is 0 Å². The van der Waals surface area contributed by atoms with Crippen LogP contribution in [0.5, 0.6) is 0 Å². The fourth-order valence-corrected chi connectivity index (χ4v) is 7.91. The molecule has 0 radical (unpaired) electrons. The van der Waals surface area contributed by atoms with Gasteiger partial charge < -0.3 is 20.1 Å². The third-order valence-electron chi connectivity index (χ3n) is 10.9. The molecule has 0 spiro atoms. The summed E-state index contributed by atoms with van der Waals surface area (Å²) in [5.41, 5.74) is 5.38. The Kier molecular flexibility index (Phi) is 49.3. The highest BCUT2D eigenvalue weighted by molar-refractivity contribution is 7.47. The lowest BCUT2D eigenvalue weighted by atomic mass is 10.0. The molecule has 0 fully saturated rings. The Morgan fingerprint density at radius 2 is 0.857 bits per heavy atom. The van der Waals surface area contributed by atoms with E-state index in [1.165, 1.54) is 148 Å². The van der Waals surface area contributed by atoms with Crippen LogP contribution in [0.1, 0.15) is 226 Å². The number of esters is 1. The van der Waals surface area contributed by atoms with Crippen molar-refractivity contribution in [1.29, 1.82) is 0 Å². The summed E-state index contributed by atoms with van der Waals surface area (Å²) in [6.45, 7) is 4.73. The van der Waals surface area contributed by atoms with Crippen LogP contribution in [0.2, 0.25) is 0 Å². The first-order chi connectivity index (χ1) is 30.9. The van der Waals surface area contributed by atoms with E-state index in [1.54, 1.807) is 0 Å². The van der Waals surface area contributed by atoms with E-state index in [9.17, 15) is 14.3 Å². The highest BCUT2D eigenvalue weighted by Crippen LogP contribution is 2.43. The minimum atomic E-state index is -4.31. The molecule has 3 N–H and O–H groups in total. The Morgan fingerprint density at radius 3 is 1.24 bits per heavy atom. The molecule has 2 atom stereocenters. The molecule has 0 saturated heterocycles. The molecule has 9 heteroatoms. The fourth-order valence-electron chi connectivity index (χ4n) is 7.14. The number of rotatable bonds is 49. The van der Waals surface area contributed by atoms with E-state index in [2.05, 4.69) is 74.6 Å². The maximum Gasteiger partial charge on any atom is 0.472 e. The first-order valence-corrected chi connectivity index (χ1v) is 27.4. The molecule has 0 aliphatic carbocycles. The molecular formula is C54H98NO7P. The van der Waals surface area contributed by atoms with Crippen LogP contribution in [0.25, 0.3) is 0 Å². The molecule has 63 heavy (non-hydrogen) atoms. The van der Waals surface area contributed by atoms with Gasteiger partial charge >= 0.3 is 13.8 Å². The average molecular weight is 904 g/mol. The second-order valence-electron chi connectivity index (χ2n) is 17.0. The minimum Gasteiger partial charge on any atom is -0.457 e. The molecule has 2 unspecified atom stereocenters. The van der Waals surface area contributed by atoms with Crippen LogP contribution in [0.3, 0.4) is 0 Å². The third kappa shape index (κ3) is 50.8. The molecule has 0 bridgehead atoms. The Balaban J connectivity index is 3.99. The SMILES string of the molecule is CC/C=C\C/C=C\C/C=C\C/C=C\C/C=C\C/C=C\CCC(=O)OC(COCCCCCCCCCCCCCCCCCCCCCCCCCCC)COP(=O)(O)OCCN. The van der Waals surface area contributed by atoms with Crippen LogP contribution in [-0.2, 0) is 27.9 Å². The van der Waals surface area contributed by atoms with Crippen LogP contribution in [0.4, 0.5) is 0 Å². The number of carbonyl (C=O) groups excluding carboxylic acids is 1. The lowest BCUT2D eigenvalue weighted by Crippen LogP contribution is -2.28. The van der Waals surface area contributed by atoms with Gasteiger partial charge in [-0.05, 0) is 51.4 Å². The maximum absolute atomic E-state index is 12.6. The lowest BCUT2D eigenvalue weighted by Gasteiger charge is -2.20. The molecule has 366 valence electrons. The molecule has 0 aromatic carbocycles. The highest BCUT2D eigenvalue weighted by atomic mass is 31.2. The van der Waals surface area contributed by atoms with Gasteiger partial charge in [0.1, 0.15) is 6.10 Å². The number of allylic oxidation sites excluding steroid dienone is 12. The summed E-state index contributed by atoms with van der Waals surface area (Å²) in [7, 11) is -4.31. The molecule has 0 rings (SSSR count). The average Bonchev–Trinajstić information content (AvgIpc) is 3.28. The van der Waals surface area contributed by atoms with Crippen molar-refractivity contribution < 1.29 is 32.8 Å². The predicted octanol–water partition coefficient (Wildman–Crippen LogP) is 16.3. The zero-order valence-corrected chi connectivity index (χ0v) is 41.7. The topological polar surface area (TPSA) is 117 Å². The van der Waals surface area contributed by atoms with Gasteiger partial charge in [-0.25, -0.2) is 4.57 Å². The van der Waals surface area contributed by atoms with Crippen molar-refractivity contribution in [3.05, 3.63) is 72.9 Å². The van der Waals surface area contributed by atoms with Gasteiger partial charge in [0.2, 0.25) is 0 Å². The van der Waals surface area contributed by atoms with Crippen molar-refractivity contribution >= 4 is 13.8 Å². The molecule has 0 saturated carbocycles. The van der Waals surface area contributed by atoms with Crippen LogP contribution < -0.4 is 5.73 Å².